The molecule has 3 nitrogen and oxygen atoms in total. The molecule has 14 heavy (non-hydrogen) atoms. The first-order chi connectivity index (χ1) is 6.68. The third-order valence-corrected chi connectivity index (χ3v) is 4.12. The van der Waals surface area contributed by atoms with E-state index in [0.29, 0.717) is 0 Å². The predicted molar refractivity (Wildman–Crippen MR) is 59.3 cm³/mol. The lowest BCUT2D eigenvalue weighted by atomic mass is 9.86. The highest BCUT2D eigenvalue weighted by molar-refractivity contribution is 4.97. The minimum Gasteiger partial charge on any atom is -0.329 e. The SMILES string of the molecule is CN(C)C1(CN)CCN(C2CC2)CC1. The van der Waals surface area contributed by atoms with Crippen LogP contribution in [0.5, 0.6) is 0 Å². The second-order valence-electron chi connectivity index (χ2n) is 5.09. The summed E-state index contributed by atoms with van der Waals surface area (Å²) < 4.78 is 0. The van der Waals surface area contributed by atoms with E-state index < -0.39 is 0 Å². The van der Waals surface area contributed by atoms with Crippen molar-refractivity contribution in [2.24, 2.45) is 5.73 Å². The standard InChI is InChI=1S/C11H23N3/c1-13(2)11(9-12)5-7-14(8-6-11)10-3-4-10/h10H,3-9,12H2,1-2H3. The van der Waals surface area contributed by atoms with Gasteiger partial charge in [0.15, 0.2) is 0 Å². The van der Waals surface area contributed by atoms with Crippen molar-refractivity contribution in [2.75, 3.05) is 33.7 Å². The zero-order valence-electron chi connectivity index (χ0n) is 9.50. The maximum atomic E-state index is 5.92. The van der Waals surface area contributed by atoms with Crippen LogP contribution in [-0.2, 0) is 0 Å². The molecular formula is C11H23N3. The van der Waals surface area contributed by atoms with Crippen LogP contribution in [0.3, 0.4) is 0 Å². The maximum absolute atomic E-state index is 5.92. The number of piperidine rings is 1. The lowest BCUT2D eigenvalue weighted by Gasteiger charge is -2.45. The van der Waals surface area contributed by atoms with Gasteiger partial charge in [-0.05, 0) is 39.8 Å². The van der Waals surface area contributed by atoms with Gasteiger partial charge in [0.2, 0.25) is 0 Å². The second-order valence-corrected chi connectivity index (χ2v) is 5.09. The molecule has 2 rings (SSSR count). The van der Waals surface area contributed by atoms with Gasteiger partial charge >= 0.3 is 0 Å². The summed E-state index contributed by atoms with van der Waals surface area (Å²) in [6.45, 7) is 3.30. The molecule has 1 heterocycles. The van der Waals surface area contributed by atoms with Gasteiger partial charge in [0.25, 0.3) is 0 Å². The first kappa shape index (κ1) is 10.4. The summed E-state index contributed by atoms with van der Waals surface area (Å²) >= 11 is 0. The average molecular weight is 197 g/mol. The van der Waals surface area contributed by atoms with Crippen LogP contribution < -0.4 is 5.73 Å². The van der Waals surface area contributed by atoms with Crippen molar-refractivity contribution in [2.45, 2.75) is 37.3 Å². The first-order valence-electron chi connectivity index (χ1n) is 5.79. The Morgan fingerprint density at radius 1 is 1.29 bits per heavy atom. The van der Waals surface area contributed by atoms with Gasteiger partial charge in [0, 0.05) is 31.2 Å². The summed E-state index contributed by atoms with van der Waals surface area (Å²) in [6, 6.07) is 0.924. The Labute approximate surface area is 87.2 Å². The Morgan fingerprint density at radius 2 is 1.86 bits per heavy atom. The van der Waals surface area contributed by atoms with Gasteiger partial charge in [0.05, 0.1) is 0 Å². The largest absolute Gasteiger partial charge is 0.329 e. The number of nitrogens with two attached hydrogens (primary N) is 1. The van der Waals surface area contributed by atoms with Crippen molar-refractivity contribution in [1.82, 2.24) is 9.80 Å². The third-order valence-electron chi connectivity index (χ3n) is 4.12. The molecule has 1 aliphatic heterocycles. The number of likely N-dealkylation sites (N-methyl/N-ethyl adjacent to an activating group) is 1. The minimum absolute atomic E-state index is 0.283. The minimum atomic E-state index is 0.283. The van der Waals surface area contributed by atoms with Gasteiger partial charge in [-0.3, -0.25) is 0 Å². The maximum Gasteiger partial charge on any atom is 0.0349 e. The Balaban J connectivity index is 1.91. The Kier molecular flexibility index (Phi) is 2.82. The Morgan fingerprint density at radius 3 is 2.21 bits per heavy atom. The molecule has 1 saturated carbocycles. The van der Waals surface area contributed by atoms with Crippen LogP contribution in [0.1, 0.15) is 25.7 Å². The van der Waals surface area contributed by atoms with Crippen LogP contribution in [0.2, 0.25) is 0 Å². The molecule has 0 unspecified atom stereocenters. The molecule has 3 heteroatoms. The molecule has 1 aliphatic carbocycles. The van der Waals surface area contributed by atoms with Crippen molar-refractivity contribution < 1.29 is 0 Å². The van der Waals surface area contributed by atoms with Crippen LogP contribution in [-0.4, -0.2) is 55.1 Å². The first-order valence-corrected chi connectivity index (χ1v) is 5.79. The molecular weight excluding hydrogens is 174 g/mol. The molecule has 0 radical (unpaired) electrons. The highest BCUT2D eigenvalue weighted by Crippen LogP contribution is 2.33. The number of likely N-dealkylation sites (tertiary alicyclic amines) is 1. The summed E-state index contributed by atoms with van der Waals surface area (Å²) in [6.07, 6.45) is 5.34. The van der Waals surface area contributed by atoms with Crippen LogP contribution in [0.15, 0.2) is 0 Å². The van der Waals surface area contributed by atoms with E-state index in [4.69, 9.17) is 5.73 Å². The van der Waals surface area contributed by atoms with Crippen LogP contribution in [0, 0.1) is 0 Å². The molecule has 0 aromatic carbocycles. The van der Waals surface area contributed by atoms with Crippen LogP contribution >= 0.6 is 0 Å². The molecule has 2 fully saturated rings. The van der Waals surface area contributed by atoms with Gasteiger partial charge in [-0.2, -0.15) is 0 Å². The molecule has 0 bridgehead atoms. The van der Waals surface area contributed by atoms with E-state index in [1.165, 1.54) is 38.8 Å². The average Bonchev–Trinajstić information content (AvgIpc) is 3.01. The fraction of sp³-hybridized carbons (Fsp3) is 1.00. The third kappa shape index (κ3) is 1.81. The van der Waals surface area contributed by atoms with Gasteiger partial charge in [-0.25, -0.2) is 0 Å². The van der Waals surface area contributed by atoms with Crippen molar-refractivity contribution >= 4 is 0 Å². The Hall–Kier alpha value is -0.120. The number of hydrogen-bond acceptors (Lipinski definition) is 3. The summed E-state index contributed by atoms with van der Waals surface area (Å²) in [5, 5.41) is 0. The summed E-state index contributed by atoms with van der Waals surface area (Å²) in [5.41, 5.74) is 6.20. The van der Waals surface area contributed by atoms with Crippen molar-refractivity contribution in [1.29, 1.82) is 0 Å². The number of rotatable bonds is 3. The van der Waals surface area contributed by atoms with E-state index in [-0.39, 0.29) is 5.54 Å². The van der Waals surface area contributed by atoms with E-state index in [1.54, 1.807) is 0 Å². The summed E-state index contributed by atoms with van der Waals surface area (Å²) in [4.78, 5) is 4.98. The fourth-order valence-corrected chi connectivity index (χ4v) is 2.58. The van der Waals surface area contributed by atoms with Crippen LogP contribution in [0.25, 0.3) is 0 Å². The van der Waals surface area contributed by atoms with Crippen molar-refractivity contribution in [3.05, 3.63) is 0 Å². The molecule has 0 atom stereocenters. The van der Waals surface area contributed by atoms with E-state index in [0.717, 1.165) is 12.6 Å². The van der Waals surface area contributed by atoms with Gasteiger partial charge < -0.3 is 15.5 Å². The molecule has 2 N–H and O–H groups in total. The monoisotopic (exact) mass is 197 g/mol. The van der Waals surface area contributed by atoms with Crippen molar-refractivity contribution in [3.8, 4) is 0 Å². The Bertz CT molecular complexity index is 191. The van der Waals surface area contributed by atoms with E-state index in [2.05, 4.69) is 23.9 Å². The topological polar surface area (TPSA) is 32.5 Å². The quantitative estimate of drug-likeness (QED) is 0.715. The predicted octanol–water partition coefficient (Wildman–Crippen LogP) is 0.504. The lowest BCUT2D eigenvalue weighted by molar-refractivity contribution is 0.0595. The highest BCUT2D eigenvalue weighted by Gasteiger charge is 2.39. The van der Waals surface area contributed by atoms with Gasteiger partial charge in [-0.1, -0.05) is 0 Å². The number of hydrogen-bond donors (Lipinski definition) is 1. The zero-order valence-corrected chi connectivity index (χ0v) is 9.50. The summed E-state index contributed by atoms with van der Waals surface area (Å²) in [5.74, 6) is 0. The molecule has 0 spiro atoms. The molecule has 82 valence electrons. The van der Waals surface area contributed by atoms with Gasteiger partial charge in [-0.15, -0.1) is 0 Å². The molecule has 0 aromatic rings. The van der Waals surface area contributed by atoms with E-state index in [1.807, 2.05) is 0 Å². The highest BCUT2D eigenvalue weighted by atomic mass is 15.2. The second kappa shape index (κ2) is 3.80. The normalized spacial score (nSPS) is 28.3. The van der Waals surface area contributed by atoms with Crippen LogP contribution in [0.4, 0.5) is 0 Å². The van der Waals surface area contributed by atoms with Crippen molar-refractivity contribution in [3.63, 3.8) is 0 Å². The molecule has 0 amide bonds. The summed E-state index contributed by atoms with van der Waals surface area (Å²) in [7, 11) is 4.33. The molecule has 1 saturated heterocycles. The van der Waals surface area contributed by atoms with E-state index in [9.17, 15) is 0 Å². The van der Waals surface area contributed by atoms with E-state index >= 15 is 0 Å². The lowest BCUT2D eigenvalue weighted by Crippen LogP contribution is -2.57. The molecule has 2 aliphatic rings. The zero-order chi connectivity index (χ0) is 10.2. The molecule has 0 aromatic heterocycles. The van der Waals surface area contributed by atoms with Gasteiger partial charge in [0.1, 0.15) is 0 Å². The number of nitrogens with zero attached hydrogens (tertiary/aromatic N) is 2. The smallest absolute Gasteiger partial charge is 0.0349 e. The fourth-order valence-electron chi connectivity index (χ4n) is 2.58.